The van der Waals surface area contributed by atoms with Gasteiger partial charge in [-0.1, -0.05) is 228 Å². The van der Waals surface area contributed by atoms with Crippen LogP contribution in [0.5, 0.6) is 0 Å². The fourth-order valence-electron chi connectivity index (χ4n) is 8.28. The highest BCUT2D eigenvalue weighted by Crippen LogP contribution is 2.23. The lowest BCUT2D eigenvalue weighted by Gasteiger charge is -2.40. The number of hydrogen-bond acceptors (Lipinski definition) is 8. The maximum absolute atomic E-state index is 13.0. The van der Waals surface area contributed by atoms with E-state index in [1.165, 1.54) is 116 Å². The summed E-state index contributed by atoms with van der Waals surface area (Å²) in [5.74, 6) is -0.151. The fraction of sp³-hybridized carbons (Fsp3) is 0.772. The van der Waals surface area contributed by atoms with Gasteiger partial charge in [0.1, 0.15) is 24.4 Å². The van der Waals surface area contributed by atoms with Gasteiger partial charge in [-0.3, -0.25) is 4.79 Å². The van der Waals surface area contributed by atoms with E-state index in [9.17, 15) is 30.3 Å². The van der Waals surface area contributed by atoms with Crippen LogP contribution in [0.15, 0.2) is 72.9 Å². The van der Waals surface area contributed by atoms with Crippen LogP contribution in [-0.2, 0) is 14.3 Å². The topological polar surface area (TPSA) is 149 Å². The summed E-state index contributed by atoms with van der Waals surface area (Å²) in [6, 6.07) is -0.725. The number of carbonyl (C=O) groups excluding carboxylic acids is 1. The quantitative estimate of drug-likeness (QED) is 0.0261. The molecule has 0 radical (unpaired) electrons. The third-order valence-corrected chi connectivity index (χ3v) is 12.6. The lowest BCUT2D eigenvalue weighted by Crippen LogP contribution is -2.60. The Morgan fingerprint density at radius 2 is 0.939 bits per heavy atom. The molecule has 1 heterocycles. The van der Waals surface area contributed by atoms with Crippen molar-refractivity contribution in [3.8, 4) is 0 Å². The maximum Gasteiger partial charge on any atom is 0.220 e. The minimum atomic E-state index is -1.56. The molecular weight excluding hydrogens is 827 g/mol. The van der Waals surface area contributed by atoms with Crippen LogP contribution in [0.25, 0.3) is 0 Å². The zero-order valence-electron chi connectivity index (χ0n) is 42.2. The van der Waals surface area contributed by atoms with E-state index in [4.69, 9.17) is 9.47 Å². The van der Waals surface area contributed by atoms with Crippen molar-refractivity contribution in [1.82, 2.24) is 5.32 Å². The van der Waals surface area contributed by atoms with E-state index in [-0.39, 0.29) is 12.5 Å². The first-order valence-electron chi connectivity index (χ1n) is 27.1. The molecule has 1 rings (SSSR count). The molecule has 9 nitrogen and oxygen atoms in total. The Bertz CT molecular complexity index is 1260. The van der Waals surface area contributed by atoms with Crippen LogP contribution in [0, 0.1) is 0 Å². The van der Waals surface area contributed by atoms with Crippen molar-refractivity contribution in [2.24, 2.45) is 0 Å². The lowest BCUT2D eigenvalue weighted by atomic mass is 9.99. The number of amides is 1. The summed E-state index contributed by atoms with van der Waals surface area (Å²) in [5.41, 5.74) is 0. The summed E-state index contributed by atoms with van der Waals surface area (Å²) in [6.07, 6.45) is 56.3. The van der Waals surface area contributed by atoms with Gasteiger partial charge in [-0.15, -0.1) is 0 Å². The molecule has 6 N–H and O–H groups in total. The van der Waals surface area contributed by atoms with Crippen molar-refractivity contribution < 1.29 is 39.8 Å². The molecule has 0 bridgehead atoms. The Kier molecular flexibility index (Phi) is 43.3. The van der Waals surface area contributed by atoms with Gasteiger partial charge in [0.05, 0.1) is 25.4 Å². The second-order valence-corrected chi connectivity index (χ2v) is 18.6. The molecule has 0 aromatic rings. The van der Waals surface area contributed by atoms with Crippen molar-refractivity contribution in [3.05, 3.63) is 72.9 Å². The van der Waals surface area contributed by atoms with Crippen molar-refractivity contribution in [1.29, 1.82) is 0 Å². The molecule has 1 aliphatic rings. The minimum absolute atomic E-state index is 0.142. The second-order valence-electron chi connectivity index (χ2n) is 18.6. The van der Waals surface area contributed by atoms with Gasteiger partial charge in [-0.05, 0) is 64.2 Å². The van der Waals surface area contributed by atoms with Crippen LogP contribution in [0.2, 0.25) is 0 Å². The number of ether oxygens (including phenoxy) is 2. The van der Waals surface area contributed by atoms with Crippen LogP contribution in [0.1, 0.15) is 226 Å². The zero-order chi connectivity index (χ0) is 48.0. The lowest BCUT2D eigenvalue weighted by molar-refractivity contribution is -0.302. The van der Waals surface area contributed by atoms with Gasteiger partial charge < -0.3 is 40.3 Å². The zero-order valence-corrected chi connectivity index (χ0v) is 42.2. The first kappa shape index (κ1) is 61.6. The van der Waals surface area contributed by atoms with Crippen LogP contribution < -0.4 is 5.32 Å². The number of carbonyl (C=O) groups is 1. The molecule has 9 heteroatoms. The van der Waals surface area contributed by atoms with Gasteiger partial charge in [0, 0.05) is 6.42 Å². The highest BCUT2D eigenvalue weighted by molar-refractivity contribution is 5.76. The maximum atomic E-state index is 13.0. The molecule has 0 saturated carbocycles. The van der Waals surface area contributed by atoms with E-state index in [0.29, 0.717) is 12.8 Å². The largest absolute Gasteiger partial charge is 0.394 e. The predicted molar refractivity (Wildman–Crippen MR) is 276 cm³/mol. The molecule has 1 amide bonds. The van der Waals surface area contributed by atoms with E-state index in [2.05, 4.69) is 92.1 Å². The Hall–Kier alpha value is -2.37. The van der Waals surface area contributed by atoms with Crippen LogP contribution in [0.3, 0.4) is 0 Å². The first-order chi connectivity index (χ1) is 32.3. The molecule has 1 saturated heterocycles. The molecule has 7 unspecified atom stereocenters. The molecule has 382 valence electrons. The molecule has 1 aliphatic heterocycles. The number of aliphatic hydroxyl groups is 5. The molecule has 0 aliphatic carbocycles. The van der Waals surface area contributed by atoms with Crippen molar-refractivity contribution >= 4 is 5.91 Å². The van der Waals surface area contributed by atoms with Gasteiger partial charge in [-0.25, -0.2) is 0 Å². The van der Waals surface area contributed by atoms with E-state index < -0.39 is 49.5 Å². The van der Waals surface area contributed by atoms with Crippen molar-refractivity contribution in [2.45, 2.75) is 269 Å². The normalized spacial score (nSPS) is 20.4. The third kappa shape index (κ3) is 35.7. The Morgan fingerprint density at radius 3 is 1.39 bits per heavy atom. The summed E-state index contributed by atoms with van der Waals surface area (Å²) in [6.45, 7) is 3.72. The highest BCUT2D eigenvalue weighted by Gasteiger charge is 2.44. The number of unbranched alkanes of at least 4 members (excludes halogenated alkanes) is 23. The monoisotopic (exact) mass is 928 g/mol. The summed E-state index contributed by atoms with van der Waals surface area (Å²) >= 11 is 0. The van der Waals surface area contributed by atoms with E-state index in [0.717, 1.165) is 83.5 Å². The molecule has 66 heavy (non-hydrogen) atoms. The number of nitrogens with one attached hydrogen (secondary N) is 1. The highest BCUT2D eigenvalue weighted by atomic mass is 16.7. The average molecular weight is 928 g/mol. The van der Waals surface area contributed by atoms with E-state index in [1.54, 1.807) is 0 Å². The number of hydrogen-bond donors (Lipinski definition) is 6. The minimum Gasteiger partial charge on any atom is -0.394 e. The number of rotatable bonds is 45. The summed E-state index contributed by atoms with van der Waals surface area (Å²) in [4.78, 5) is 13.0. The second kappa shape index (κ2) is 46.4. The first-order valence-corrected chi connectivity index (χ1v) is 27.1. The van der Waals surface area contributed by atoms with Crippen molar-refractivity contribution in [2.75, 3.05) is 13.2 Å². The Labute approximate surface area is 404 Å². The van der Waals surface area contributed by atoms with Crippen molar-refractivity contribution in [3.63, 3.8) is 0 Å². The summed E-state index contributed by atoms with van der Waals surface area (Å²) in [7, 11) is 0. The van der Waals surface area contributed by atoms with Gasteiger partial charge in [-0.2, -0.15) is 0 Å². The third-order valence-electron chi connectivity index (χ3n) is 12.6. The number of allylic oxidation sites excluding steroid dienone is 12. The smallest absolute Gasteiger partial charge is 0.220 e. The summed E-state index contributed by atoms with van der Waals surface area (Å²) < 4.78 is 11.3. The Morgan fingerprint density at radius 1 is 0.530 bits per heavy atom. The van der Waals surface area contributed by atoms with Gasteiger partial charge in [0.2, 0.25) is 5.91 Å². The standard InChI is InChI=1S/C57H101NO8/c1-3-5-7-9-11-13-15-17-19-20-21-22-23-24-25-26-27-28-29-30-31-32-33-35-37-39-41-43-45-47-53(61)58-50(49-65-57-56(64)55(63)54(62)52(48-59)66-57)51(60)46-44-42-40-38-36-34-18-16-14-12-10-8-6-4-2/h5,7,11,13,17,19,21-22,24-25,27-28,50-52,54-57,59-60,62-64H,3-4,6,8-10,12,14-16,18,20,23,26,29-49H2,1-2H3,(H,58,61)/b7-5-,13-11-,19-17-,22-21-,25-24-,28-27-. The van der Waals surface area contributed by atoms with Crippen LogP contribution in [-0.4, -0.2) is 87.5 Å². The molecule has 1 fully saturated rings. The fourth-order valence-corrected chi connectivity index (χ4v) is 8.28. The van der Waals surface area contributed by atoms with Gasteiger partial charge in [0.25, 0.3) is 0 Å². The molecule has 0 aromatic heterocycles. The van der Waals surface area contributed by atoms with Gasteiger partial charge >= 0.3 is 0 Å². The van der Waals surface area contributed by atoms with Crippen LogP contribution in [0.4, 0.5) is 0 Å². The molecule has 0 aromatic carbocycles. The predicted octanol–water partition coefficient (Wildman–Crippen LogP) is 12.9. The molecule has 0 spiro atoms. The van der Waals surface area contributed by atoms with E-state index >= 15 is 0 Å². The SMILES string of the molecule is CC/C=C\C/C=C\C/C=C\C/C=C\C/C=C\C/C=C\CCCCCCCCCCCCC(=O)NC(COC1OC(CO)C(O)C(O)C1O)C(O)CCCCCCCCCCCCCCCC. The molecule has 7 atom stereocenters. The van der Waals surface area contributed by atoms with E-state index in [1.807, 2.05) is 0 Å². The Balaban J connectivity index is 2.21. The average Bonchev–Trinajstić information content (AvgIpc) is 3.32. The number of aliphatic hydroxyl groups excluding tert-OH is 5. The van der Waals surface area contributed by atoms with Crippen LogP contribution >= 0.6 is 0 Å². The van der Waals surface area contributed by atoms with Gasteiger partial charge in [0.15, 0.2) is 6.29 Å². The summed E-state index contributed by atoms with van der Waals surface area (Å²) in [5, 5.41) is 54.5. The molecular formula is C57H101NO8.